The summed E-state index contributed by atoms with van der Waals surface area (Å²) in [5, 5.41) is 16.9. The number of rotatable bonds is 4. The zero-order chi connectivity index (χ0) is 17.7. The van der Waals surface area contributed by atoms with Gasteiger partial charge < -0.3 is 15.2 Å². The first kappa shape index (κ1) is 17.0. The van der Waals surface area contributed by atoms with Gasteiger partial charge in [0.05, 0.1) is 17.4 Å². The van der Waals surface area contributed by atoms with E-state index in [-0.39, 0.29) is 22.7 Å². The molecule has 2 N–H and O–H groups in total. The Balaban J connectivity index is 2.10. The number of carboxylic acids is 1. The lowest BCUT2D eigenvalue weighted by Crippen LogP contribution is -2.28. The van der Waals surface area contributed by atoms with Crippen molar-refractivity contribution in [3.63, 3.8) is 0 Å². The predicted molar refractivity (Wildman–Crippen MR) is 79.3 cm³/mol. The van der Waals surface area contributed by atoms with Crippen LogP contribution in [0.5, 0.6) is 0 Å². The minimum Gasteiger partial charge on any atom is -0.545 e. The van der Waals surface area contributed by atoms with E-state index in [4.69, 9.17) is 0 Å². The Morgan fingerprint density at radius 3 is 2.50 bits per heavy atom. The molecule has 1 heterocycles. The molecule has 0 bridgehead atoms. The second-order valence-electron chi connectivity index (χ2n) is 4.61. The molecular formula is C15H11F2N4O3-. The Kier molecular flexibility index (Phi) is 5.15. The number of carbonyl (C=O) groups is 2. The molecule has 9 heteroatoms. The van der Waals surface area contributed by atoms with Crippen molar-refractivity contribution < 1.29 is 23.5 Å². The number of carboxylic acid groups (broad SMARTS) is 1. The third-order valence-corrected chi connectivity index (χ3v) is 2.82. The second-order valence-corrected chi connectivity index (χ2v) is 4.61. The average molecular weight is 333 g/mol. The summed E-state index contributed by atoms with van der Waals surface area (Å²) in [7, 11) is 0. The quantitative estimate of drug-likeness (QED) is 0.649. The van der Waals surface area contributed by atoms with Crippen LogP contribution >= 0.6 is 0 Å². The molecule has 2 aromatic rings. The second kappa shape index (κ2) is 7.27. The molecule has 124 valence electrons. The number of pyridine rings is 1. The molecule has 0 aliphatic rings. The van der Waals surface area contributed by atoms with E-state index in [0.717, 1.165) is 12.1 Å². The van der Waals surface area contributed by atoms with E-state index >= 15 is 0 Å². The van der Waals surface area contributed by atoms with Gasteiger partial charge in [0, 0.05) is 23.5 Å². The van der Waals surface area contributed by atoms with Gasteiger partial charge in [0.2, 0.25) is 0 Å². The molecule has 0 unspecified atom stereocenters. The van der Waals surface area contributed by atoms with E-state index in [1.54, 1.807) is 0 Å². The van der Waals surface area contributed by atoms with E-state index < -0.39 is 23.6 Å². The minimum absolute atomic E-state index is 0.0228. The normalized spacial score (nSPS) is 11.0. The van der Waals surface area contributed by atoms with Crippen molar-refractivity contribution in [2.75, 3.05) is 5.32 Å². The summed E-state index contributed by atoms with van der Waals surface area (Å²) < 4.78 is 26.0. The summed E-state index contributed by atoms with van der Waals surface area (Å²) in [4.78, 5) is 26.5. The molecule has 0 saturated carbocycles. The number of amides is 2. The molecule has 0 aliphatic heterocycles. The topological polar surface area (TPSA) is 107 Å². The van der Waals surface area contributed by atoms with Crippen molar-refractivity contribution in [2.24, 2.45) is 5.10 Å². The van der Waals surface area contributed by atoms with Gasteiger partial charge in [-0.2, -0.15) is 5.10 Å². The Labute approximate surface area is 135 Å². The number of hydrogen-bond donors (Lipinski definition) is 2. The van der Waals surface area contributed by atoms with E-state index in [2.05, 4.69) is 20.8 Å². The Hall–Kier alpha value is -3.36. The molecule has 0 spiro atoms. The van der Waals surface area contributed by atoms with E-state index in [1.165, 1.54) is 25.3 Å². The van der Waals surface area contributed by atoms with Crippen molar-refractivity contribution in [1.82, 2.24) is 10.4 Å². The van der Waals surface area contributed by atoms with Gasteiger partial charge in [-0.25, -0.2) is 19.0 Å². The van der Waals surface area contributed by atoms with Crippen LogP contribution in [0.1, 0.15) is 23.0 Å². The molecule has 1 aromatic carbocycles. The summed E-state index contributed by atoms with van der Waals surface area (Å²) in [6.07, 6.45) is 1.36. The van der Waals surface area contributed by atoms with Crippen molar-refractivity contribution in [1.29, 1.82) is 0 Å². The van der Waals surface area contributed by atoms with Crippen molar-refractivity contribution in [2.45, 2.75) is 6.92 Å². The van der Waals surface area contributed by atoms with Crippen LogP contribution < -0.4 is 15.8 Å². The number of nitrogens with one attached hydrogen (secondary N) is 2. The van der Waals surface area contributed by atoms with Gasteiger partial charge >= 0.3 is 6.03 Å². The van der Waals surface area contributed by atoms with Crippen LogP contribution in [0.25, 0.3) is 0 Å². The highest BCUT2D eigenvalue weighted by Crippen LogP contribution is 2.12. The first-order valence-electron chi connectivity index (χ1n) is 6.61. The Morgan fingerprint density at radius 1 is 1.21 bits per heavy atom. The molecule has 24 heavy (non-hydrogen) atoms. The number of aromatic carboxylic acids is 1. The van der Waals surface area contributed by atoms with Crippen molar-refractivity contribution in [3.05, 3.63) is 59.4 Å². The number of carbonyl (C=O) groups excluding carboxylic acids is 2. The van der Waals surface area contributed by atoms with Gasteiger partial charge in [-0.05, 0) is 31.2 Å². The molecule has 1 aromatic heterocycles. The third-order valence-electron chi connectivity index (χ3n) is 2.82. The highest BCUT2D eigenvalue weighted by molar-refractivity contribution is 6.05. The smallest absolute Gasteiger partial charge is 0.339 e. The lowest BCUT2D eigenvalue weighted by molar-refractivity contribution is -0.255. The zero-order valence-electron chi connectivity index (χ0n) is 12.3. The van der Waals surface area contributed by atoms with Crippen LogP contribution in [-0.4, -0.2) is 22.7 Å². The van der Waals surface area contributed by atoms with Crippen LogP contribution in [0.15, 0.2) is 41.6 Å². The summed E-state index contributed by atoms with van der Waals surface area (Å²) in [6, 6.07) is 4.34. The predicted octanol–water partition coefficient (Wildman–Crippen LogP) is 1.27. The van der Waals surface area contributed by atoms with Crippen LogP contribution in [0, 0.1) is 11.6 Å². The highest BCUT2D eigenvalue weighted by atomic mass is 19.1. The fourth-order valence-corrected chi connectivity index (χ4v) is 1.83. The maximum Gasteiger partial charge on any atom is 0.339 e. The first-order valence-corrected chi connectivity index (χ1v) is 6.61. The molecule has 2 rings (SSSR count). The molecule has 7 nitrogen and oxygen atoms in total. The Morgan fingerprint density at radius 2 is 1.88 bits per heavy atom. The number of halogens is 2. The van der Waals surface area contributed by atoms with E-state index in [0.29, 0.717) is 6.07 Å². The molecule has 0 saturated heterocycles. The van der Waals surface area contributed by atoms with Gasteiger partial charge in [0.1, 0.15) is 11.6 Å². The number of urea groups is 1. The Bertz CT molecular complexity index is 804. The maximum absolute atomic E-state index is 13.0. The standard InChI is InChI=1S/C15H12F2N4O3/c1-8(13-12(14(22)23)3-2-4-18-13)20-21-15(24)19-11-6-9(16)5-10(17)7-11/h2-7H,1H3,(H,22,23)(H2,19,21,24)/p-1/b20-8-. The summed E-state index contributed by atoms with van der Waals surface area (Å²) in [6.45, 7) is 1.43. The number of hydrazone groups is 1. The van der Waals surface area contributed by atoms with E-state index in [1.807, 2.05) is 0 Å². The summed E-state index contributed by atoms with van der Waals surface area (Å²) >= 11 is 0. The number of nitrogens with zero attached hydrogens (tertiary/aromatic N) is 2. The van der Waals surface area contributed by atoms with Gasteiger partial charge in [0.25, 0.3) is 0 Å². The molecular weight excluding hydrogens is 322 g/mol. The van der Waals surface area contributed by atoms with Gasteiger partial charge in [0.15, 0.2) is 0 Å². The number of benzene rings is 1. The third kappa shape index (κ3) is 4.32. The van der Waals surface area contributed by atoms with Crippen LogP contribution in [0.2, 0.25) is 0 Å². The maximum atomic E-state index is 13.0. The molecule has 0 fully saturated rings. The van der Waals surface area contributed by atoms with Crippen molar-refractivity contribution in [3.8, 4) is 0 Å². The first-order chi connectivity index (χ1) is 11.4. The fraction of sp³-hybridized carbons (Fsp3) is 0.0667. The molecule has 0 atom stereocenters. The molecule has 0 radical (unpaired) electrons. The SMILES string of the molecule is C/C(=N/NC(=O)Nc1cc(F)cc(F)c1)c1ncccc1C(=O)[O-]. The zero-order valence-corrected chi connectivity index (χ0v) is 12.3. The summed E-state index contributed by atoms with van der Waals surface area (Å²) in [5.74, 6) is -3.14. The van der Waals surface area contributed by atoms with Gasteiger partial charge in [-0.15, -0.1) is 0 Å². The number of hydrogen-bond acceptors (Lipinski definition) is 5. The van der Waals surface area contributed by atoms with Gasteiger partial charge in [-0.3, -0.25) is 4.98 Å². The van der Waals surface area contributed by atoms with Crippen molar-refractivity contribution >= 4 is 23.4 Å². The minimum atomic E-state index is -1.44. The van der Waals surface area contributed by atoms with Gasteiger partial charge in [-0.1, -0.05) is 0 Å². The largest absolute Gasteiger partial charge is 0.545 e. The lowest BCUT2D eigenvalue weighted by atomic mass is 10.1. The van der Waals surface area contributed by atoms with Crippen LogP contribution in [-0.2, 0) is 0 Å². The summed E-state index contributed by atoms with van der Waals surface area (Å²) in [5.41, 5.74) is 1.91. The highest BCUT2D eigenvalue weighted by Gasteiger charge is 2.09. The molecule has 2 amide bonds. The fourth-order valence-electron chi connectivity index (χ4n) is 1.83. The molecule has 0 aliphatic carbocycles. The lowest BCUT2D eigenvalue weighted by Gasteiger charge is -2.09. The van der Waals surface area contributed by atoms with Crippen LogP contribution in [0.4, 0.5) is 19.3 Å². The number of aromatic nitrogens is 1. The number of anilines is 1. The monoisotopic (exact) mass is 333 g/mol. The average Bonchev–Trinajstić information content (AvgIpc) is 2.51. The van der Waals surface area contributed by atoms with E-state index in [9.17, 15) is 23.5 Å². The van der Waals surface area contributed by atoms with Crippen LogP contribution in [0.3, 0.4) is 0 Å².